The van der Waals surface area contributed by atoms with Gasteiger partial charge in [-0.05, 0) is 49.4 Å². The fraction of sp³-hybridized carbons (Fsp3) is 0.125. The maximum atomic E-state index is 12.0. The van der Waals surface area contributed by atoms with Crippen molar-refractivity contribution in [1.29, 1.82) is 0 Å². The van der Waals surface area contributed by atoms with Crippen LogP contribution in [0.25, 0.3) is 0 Å². The van der Waals surface area contributed by atoms with E-state index in [0.717, 1.165) is 0 Å². The molecule has 5 nitrogen and oxygen atoms in total. The van der Waals surface area contributed by atoms with E-state index in [2.05, 4.69) is 10.6 Å². The smallest absolute Gasteiger partial charge is 0.255 e. The molecule has 21 heavy (non-hydrogen) atoms. The Hall–Kier alpha value is -2.82. The molecule has 2 amide bonds. The summed E-state index contributed by atoms with van der Waals surface area (Å²) in [4.78, 5) is 23.7. The zero-order valence-electron chi connectivity index (χ0n) is 11.7. The minimum atomic E-state index is -0.243. The quantitative estimate of drug-likeness (QED) is 0.753. The Balaban J connectivity index is 2.06. The lowest BCUT2D eigenvalue weighted by molar-refractivity contribution is 0.0955. The molecule has 0 aliphatic rings. The van der Waals surface area contributed by atoms with Crippen LogP contribution in [0.5, 0.6) is 0 Å². The van der Waals surface area contributed by atoms with Crippen molar-refractivity contribution in [2.24, 2.45) is 0 Å². The molecule has 0 radical (unpaired) electrons. The second kappa shape index (κ2) is 6.56. The van der Waals surface area contributed by atoms with Gasteiger partial charge in [-0.15, -0.1) is 0 Å². The Morgan fingerprint density at radius 3 is 2.33 bits per heavy atom. The largest absolute Gasteiger partial charge is 0.399 e. The fourth-order valence-corrected chi connectivity index (χ4v) is 1.85. The Kier molecular flexibility index (Phi) is 4.56. The number of nitrogens with two attached hydrogens (primary N) is 1. The molecule has 0 spiro atoms. The van der Waals surface area contributed by atoms with Gasteiger partial charge in [-0.1, -0.05) is 6.07 Å². The summed E-state index contributed by atoms with van der Waals surface area (Å²) in [6.45, 7) is 2.44. The van der Waals surface area contributed by atoms with E-state index in [-0.39, 0.29) is 11.8 Å². The van der Waals surface area contributed by atoms with Gasteiger partial charge in [0.1, 0.15) is 0 Å². The van der Waals surface area contributed by atoms with Crippen molar-refractivity contribution in [3.8, 4) is 0 Å². The summed E-state index contributed by atoms with van der Waals surface area (Å²) in [6, 6.07) is 13.5. The third-order valence-corrected chi connectivity index (χ3v) is 2.89. The molecule has 2 aromatic carbocycles. The number of carbonyl (C=O) groups excluding carboxylic acids is 2. The molecule has 2 rings (SSSR count). The molecular formula is C16H17N3O2. The second-order valence-electron chi connectivity index (χ2n) is 4.52. The van der Waals surface area contributed by atoms with Gasteiger partial charge in [0.25, 0.3) is 11.8 Å². The van der Waals surface area contributed by atoms with Gasteiger partial charge in [0.2, 0.25) is 0 Å². The number of hydrogen-bond acceptors (Lipinski definition) is 3. The summed E-state index contributed by atoms with van der Waals surface area (Å²) >= 11 is 0. The molecule has 0 saturated carbocycles. The highest BCUT2D eigenvalue weighted by Gasteiger charge is 2.07. The number of hydrogen-bond donors (Lipinski definition) is 3. The molecule has 4 N–H and O–H groups in total. The minimum Gasteiger partial charge on any atom is -0.399 e. The fourth-order valence-electron chi connectivity index (χ4n) is 1.85. The van der Waals surface area contributed by atoms with Gasteiger partial charge in [0.05, 0.1) is 0 Å². The number of amides is 2. The van der Waals surface area contributed by atoms with E-state index in [9.17, 15) is 9.59 Å². The van der Waals surface area contributed by atoms with Crippen molar-refractivity contribution in [3.63, 3.8) is 0 Å². The molecular weight excluding hydrogens is 266 g/mol. The van der Waals surface area contributed by atoms with Crippen LogP contribution in [0, 0.1) is 0 Å². The Bertz CT molecular complexity index is 651. The summed E-state index contributed by atoms with van der Waals surface area (Å²) < 4.78 is 0. The van der Waals surface area contributed by atoms with Gasteiger partial charge < -0.3 is 16.4 Å². The highest BCUT2D eigenvalue weighted by Crippen LogP contribution is 2.13. The minimum absolute atomic E-state index is 0.133. The number of anilines is 2. The van der Waals surface area contributed by atoms with Gasteiger partial charge in [-0.2, -0.15) is 0 Å². The lowest BCUT2D eigenvalue weighted by atomic mass is 10.1. The summed E-state index contributed by atoms with van der Waals surface area (Å²) in [6.07, 6.45) is 0. The van der Waals surface area contributed by atoms with E-state index in [4.69, 9.17) is 5.73 Å². The number of rotatable bonds is 4. The van der Waals surface area contributed by atoms with E-state index in [1.807, 2.05) is 6.92 Å². The monoisotopic (exact) mass is 283 g/mol. The average molecular weight is 283 g/mol. The number of nitrogens with one attached hydrogen (secondary N) is 2. The van der Waals surface area contributed by atoms with Crippen molar-refractivity contribution in [2.45, 2.75) is 6.92 Å². The number of nitrogen functional groups attached to an aromatic ring is 1. The maximum absolute atomic E-state index is 12.0. The van der Waals surface area contributed by atoms with Gasteiger partial charge in [-0.3, -0.25) is 9.59 Å². The Morgan fingerprint density at radius 1 is 1.00 bits per heavy atom. The van der Waals surface area contributed by atoms with E-state index in [0.29, 0.717) is 29.0 Å². The van der Waals surface area contributed by atoms with Crippen LogP contribution in [0.1, 0.15) is 27.6 Å². The van der Waals surface area contributed by atoms with Crippen molar-refractivity contribution in [3.05, 3.63) is 59.7 Å². The third-order valence-electron chi connectivity index (χ3n) is 2.89. The molecule has 108 valence electrons. The predicted molar refractivity (Wildman–Crippen MR) is 83.3 cm³/mol. The standard InChI is InChI=1S/C16H17N3O2/c1-2-18-15(20)11-6-8-14(9-7-11)19-16(21)12-4-3-5-13(17)10-12/h3-10H,2,17H2,1H3,(H,18,20)(H,19,21). The number of carbonyl (C=O) groups is 2. The van der Waals surface area contributed by atoms with Gasteiger partial charge in [0, 0.05) is 29.0 Å². The van der Waals surface area contributed by atoms with Crippen LogP contribution in [-0.2, 0) is 0 Å². The van der Waals surface area contributed by atoms with E-state index in [1.54, 1.807) is 48.5 Å². The second-order valence-corrected chi connectivity index (χ2v) is 4.52. The van der Waals surface area contributed by atoms with E-state index < -0.39 is 0 Å². The van der Waals surface area contributed by atoms with Gasteiger partial charge >= 0.3 is 0 Å². The highest BCUT2D eigenvalue weighted by atomic mass is 16.2. The van der Waals surface area contributed by atoms with Crippen molar-refractivity contribution in [2.75, 3.05) is 17.6 Å². The van der Waals surface area contributed by atoms with Crippen LogP contribution >= 0.6 is 0 Å². The van der Waals surface area contributed by atoms with Gasteiger partial charge in [0.15, 0.2) is 0 Å². The van der Waals surface area contributed by atoms with Crippen molar-refractivity contribution in [1.82, 2.24) is 5.32 Å². The molecule has 0 aliphatic heterocycles. The van der Waals surface area contributed by atoms with Crippen LogP contribution in [0.4, 0.5) is 11.4 Å². The molecule has 0 aromatic heterocycles. The molecule has 0 aliphatic carbocycles. The van der Waals surface area contributed by atoms with Gasteiger partial charge in [-0.25, -0.2) is 0 Å². The highest BCUT2D eigenvalue weighted by molar-refractivity contribution is 6.05. The van der Waals surface area contributed by atoms with E-state index >= 15 is 0 Å². The summed E-state index contributed by atoms with van der Waals surface area (Å²) in [7, 11) is 0. The first-order chi connectivity index (χ1) is 10.1. The first-order valence-electron chi connectivity index (χ1n) is 6.65. The average Bonchev–Trinajstić information content (AvgIpc) is 2.48. The third kappa shape index (κ3) is 3.82. The van der Waals surface area contributed by atoms with Crippen LogP contribution in [0.15, 0.2) is 48.5 Å². The SMILES string of the molecule is CCNC(=O)c1ccc(NC(=O)c2cccc(N)c2)cc1. The molecule has 0 atom stereocenters. The first-order valence-corrected chi connectivity index (χ1v) is 6.65. The molecule has 0 unspecified atom stereocenters. The van der Waals surface area contributed by atoms with Crippen LogP contribution < -0.4 is 16.4 Å². The molecule has 0 saturated heterocycles. The molecule has 0 heterocycles. The molecule has 0 fully saturated rings. The lowest BCUT2D eigenvalue weighted by Crippen LogP contribution is -2.22. The molecule has 0 bridgehead atoms. The first kappa shape index (κ1) is 14.6. The van der Waals surface area contributed by atoms with E-state index in [1.165, 1.54) is 0 Å². The van der Waals surface area contributed by atoms with Crippen molar-refractivity contribution < 1.29 is 9.59 Å². The van der Waals surface area contributed by atoms with Crippen LogP contribution in [-0.4, -0.2) is 18.4 Å². The summed E-state index contributed by atoms with van der Waals surface area (Å²) in [5.41, 5.74) is 7.85. The number of benzene rings is 2. The van der Waals surface area contributed by atoms with Crippen LogP contribution in [0.2, 0.25) is 0 Å². The zero-order valence-corrected chi connectivity index (χ0v) is 11.7. The molecule has 5 heteroatoms. The topological polar surface area (TPSA) is 84.2 Å². The predicted octanol–water partition coefficient (Wildman–Crippen LogP) is 2.27. The Labute approximate surface area is 123 Å². The van der Waals surface area contributed by atoms with Crippen LogP contribution in [0.3, 0.4) is 0 Å². The lowest BCUT2D eigenvalue weighted by Gasteiger charge is -2.07. The summed E-state index contributed by atoms with van der Waals surface area (Å²) in [5, 5.41) is 5.47. The van der Waals surface area contributed by atoms with Crippen molar-refractivity contribution >= 4 is 23.2 Å². The maximum Gasteiger partial charge on any atom is 0.255 e. The summed E-state index contributed by atoms with van der Waals surface area (Å²) in [5.74, 6) is -0.376. The molecule has 2 aromatic rings. The normalized spacial score (nSPS) is 9.95. The zero-order chi connectivity index (χ0) is 15.2. The Morgan fingerprint density at radius 2 is 1.71 bits per heavy atom.